The summed E-state index contributed by atoms with van der Waals surface area (Å²) in [5.74, 6) is 0. The van der Waals surface area contributed by atoms with Crippen molar-refractivity contribution in [2.45, 2.75) is 6.04 Å². The van der Waals surface area contributed by atoms with Gasteiger partial charge >= 0.3 is 0 Å². The standard InChI is InChI=1S/C13H9ClN4O.ClH/c14-6-1-2-7-8(5-6)10-11(9(7)15)18-4-3-16-12(18)13(19)17-10;/h1-5,9H,15H2,(H,17,19);1H. The number of nitrogens with zero attached hydrogens (tertiary/aromatic N) is 2. The Morgan fingerprint density at radius 3 is 3.00 bits per heavy atom. The minimum absolute atomic E-state index is 0. The number of hydrogen-bond donors (Lipinski definition) is 2. The number of rotatable bonds is 0. The van der Waals surface area contributed by atoms with Gasteiger partial charge < -0.3 is 10.7 Å². The number of hydrogen-bond acceptors (Lipinski definition) is 3. The molecule has 1 unspecified atom stereocenters. The summed E-state index contributed by atoms with van der Waals surface area (Å²) in [5, 5.41) is 0.616. The zero-order chi connectivity index (χ0) is 13.1. The Morgan fingerprint density at radius 1 is 1.40 bits per heavy atom. The average molecular weight is 309 g/mol. The summed E-state index contributed by atoms with van der Waals surface area (Å²) >= 11 is 6.02. The van der Waals surface area contributed by atoms with Crippen LogP contribution in [0, 0.1) is 0 Å². The lowest BCUT2D eigenvalue weighted by Crippen LogP contribution is -2.18. The van der Waals surface area contributed by atoms with Crippen molar-refractivity contribution in [3.8, 4) is 11.3 Å². The van der Waals surface area contributed by atoms with Crippen LogP contribution < -0.4 is 11.3 Å². The topological polar surface area (TPSA) is 76.2 Å². The minimum atomic E-state index is -0.296. The van der Waals surface area contributed by atoms with Crippen molar-refractivity contribution < 1.29 is 0 Å². The normalized spacial score (nSPS) is 15.8. The molecule has 0 aliphatic heterocycles. The highest BCUT2D eigenvalue weighted by atomic mass is 35.5. The van der Waals surface area contributed by atoms with Crippen LogP contribution in [-0.2, 0) is 0 Å². The quantitative estimate of drug-likeness (QED) is 0.668. The van der Waals surface area contributed by atoms with Crippen molar-refractivity contribution in [1.82, 2.24) is 14.4 Å². The number of aromatic nitrogens is 3. The second-order valence-corrected chi connectivity index (χ2v) is 4.98. The molecule has 0 amide bonds. The van der Waals surface area contributed by atoms with Gasteiger partial charge in [-0.2, -0.15) is 0 Å². The zero-order valence-corrected chi connectivity index (χ0v) is 11.7. The Balaban J connectivity index is 0.00000121. The van der Waals surface area contributed by atoms with E-state index in [2.05, 4.69) is 9.97 Å². The molecule has 0 saturated carbocycles. The van der Waals surface area contributed by atoms with Crippen molar-refractivity contribution in [2.24, 2.45) is 5.73 Å². The summed E-state index contributed by atoms with van der Waals surface area (Å²) in [5.41, 5.74) is 9.78. The molecule has 2 heterocycles. The minimum Gasteiger partial charge on any atom is -0.319 e. The highest BCUT2D eigenvalue weighted by Crippen LogP contribution is 2.41. The van der Waals surface area contributed by atoms with E-state index < -0.39 is 0 Å². The van der Waals surface area contributed by atoms with Gasteiger partial charge in [-0.05, 0) is 17.7 Å². The van der Waals surface area contributed by atoms with Gasteiger partial charge in [-0.15, -0.1) is 12.4 Å². The van der Waals surface area contributed by atoms with Gasteiger partial charge in [0, 0.05) is 23.0 Å². The van der Waals surface area contributed by atoms with Gasteiger partial charge in [-0.1, -0.05) is 17.7 Å². The maximum Gasteiger partial charge on any atom is 0.292 e. The monoisotopic (exact) mass is 308 g/mol. The van der Waals surface area contributed by atoms with E-state index in [4.69, 9.17) is 17.3 Å². The summed E-state index contributed by atoms with van der Waals surface area (Å²) in [4.78, 5) is 18.9. The van der Waals surface area contributed by atoms with Crippen molar-refractivity contribution in [2.75, 3.05) is 0 Å². The molecule has 1 aliphatic carbocycles. The molecule has 1 aliphatic rings. The summed E-state index contributed by atoms with van der Waals surface area (Å²) in [7, 11) is 0. The van der Waals surface area contributed by atoms with Gasteiger partial charge in [-0.3, -0.25) is 9.20 Å². The van der Waals surface area contributed by atoms with Crippen LogP contribution in [-0.4, -0.2) is 14.4 Å². The lowest BCUT2D eigenvalue weighted by molar-refractivity contribution is 0.826. The molecule has 3 N–H and O–H groups in total. The van der Waals surface area contributed by atoms with Crippen molar-refractivity contribution >= 4 is 29.7 Å². The first kappa shape index (κ1) is 13.2. The molecule has 102 valence electrons. The van der Waals surface area contributed by atoms with E-state index in [1.54, 1.807) is 22.9 Å². The molecule has 3 aromatic rings. The van der Waals surface area contributed by atoms with E-state index in [1.165, 1.54) is 0 Å². The molecule has 0 saturated heterocycles. The van der Waals surface area contributed by atoms with E-state index in [-0.39, 0.29) is 24.0 Å². The number of aromatic amines is 1. The Labute approximate surface area is 124 Å². The number of fused-ring (bicyclic) bond motifs is 5. The maximum atomic E-state index is 12.0. The summed E-state index contributed by atoms with van der Waals surface area (Å²) in [6.07, 6.45) is 3.34. The van der Waals surface area contributed by atoms with Gasteiger partial charge in [0.05, 0.1) is 17.4 Å². The van der Waals surface area contributed by atoms with Crippen LogP contribution in [0.3, 0.4) is 0 Å². The zero-order valence-electron chi connectivity index (χ0n) is 10.1. The van der Waals surface area contributed by atoms with E-state index in [0.717, 1.165) is 22.5 Å². The molecule has 7 heteroatoms. The lowest BCUT2D eigenvalue weighted by Gasteiger charge is -2.08. The van der Waals surface area contributed by atoms with Crippen molar-refractivity contribution in [3.05, 3.63) is 57.2 Å². The number of imidazole rings is 1. The van der Waals surface area contributed by atoms with E-state index >= 15 is 0 Å². The number of nitrogens with one attached hydrogen (secondary N) is 1. The predicted molar refractivity (Wildman–Crippen MR) is 79.5 cm³/mol. The number of H-pyrrole nitrogens is 1. The number of halogens is 2. The van der Waals surface area contributed by atoms with Crippen LogP contribution in [0.5, 0.6) is 0 Å². The van der Waals surface area contributed by atoms with Crippen molar-refractivity contribution in [1.29, 1.82) is 0 Å². The third kappa shape index (κ3) is 1.54. The van der Waals surface area contributed by atoms with Gasteiger partial charge in [0.15, 0.2) is 0 Å². The summed E-state index contributed by atoms with van der Waals surface area (Å²) in [6, 6.07) is 5.22. The van der Waals surface area contributed by atoms with Gasteiger partial charge in [-0.25, -0.2) is 4.98 Å². The largest absolute Gasteiger partial charge is 0.319 e. The second-order valence-electron chi connectivity index (χ2n) is 4.54. The molecular formula is C13H10Cl2N4O. The average Bonchev–Trinajstić information content (AvgIpc) is 2.95. The first-order valence-corrected chi connectivity index (χ1v) is 6.19. The number of benzene rings is 1. The van der Waals surface area contributed by atoms with Crippen LogP contribution in [0.15, 0.2) is 35.4 Å². The predicted octanol–water partition coefficient (Wildman–Crippen LogP) is 2.13. The Kier molecular flexibility index (Phi) is 2.86. The first-order valence-electron chi connectivity index (χ1n) is 5.81. The highest BCUT2D eigenvalue weighted by Gasteiger charge is 2.30. The van der Waals surface area contributed by atoms with Gasteiger partial charge in [0.25, 0.3) is 5.56 Å². The third-order valence-electron chi connectivity index (χ3n) is 3.51. The fourth-order valence-corrected chi connectivity index (χ4v) is 2.87. The molecule has 0 fully saturated rings. The molecule has 5 nitrogen and oxygen atoms in total. The van der Waals surface area contributed by atoms with Crippen LogP contribution in [0.1, 0.15) is 17.3 Å². The molecule has 20 heavy (non-hydrogen) atoms. The Hall–Kier alpha value is -1.82. The molecule has 0 spiro atoms. The van der Waals surface area contributed by atoms with Gasteiger partial charge in [0.2, 0.25) is 5.65 Å². The Bertz CT molecular complexity index is 884. The summed E-state index contributed by atoms with van der Waals surface area (Å²) < 4.78 is 1.74. The molecule has 0 bridgehead atoms. The molecule has 4 rings (SSSR count). The van der Waals surface area contributed by atoms with Crippen LogP contribution in [0.25, 0.3) is 16.9 Å². The molecule has 1 atom stereocenters. The molecule has 1 aromatic carbocycles. The first-order chi connectivity index (χ1) is 9.16. The fraction of sp³-hybridized carbons (Fsp3) is 0.0769. The molecular weight excluding hydrogens is 299 g/mol. The van der Waals surface area contributed by atoms with E-state index in [9.17, 15) is 4.79 Å². The highest BCUT2D eigenvalue weighted by molar-refractivity contribution is 6.31. The SMILES string of the molecule is Cl.NC1c2ccc(Cl)cc2-c2[nH]c(=O)c3nccn3c21. The van der Waals surface area contributed by atoms with E-state index in [0.29, 0.717) is 10.7 Å². The van der Waals surface area contributed by atoms with E-state index in [1.807, 2.05) is 12.1 Å². The second kappa shape index (κ2) is 4.34. The van der Waals surface area contributed by atoms with Crippen LogP contribution >= 0.6 is 24.0 Å². The van der Waals surface area contributed by atoms with Crippen molar-refractivity contribution in [3.63, 3.8) is 0 Å². The molecule has 0 radical (unpaired) electrons. The Morgan fingerprint density at radius 2 is 2.20 bits per heavy atom. The van der Waals surface area contributed by atoms with Crippen LogP contribution in [0.2, 0.25) is 5.02 Å². The van der Waals surface area contributed by atoms with Crippen LogP contribution in [0.4, 0.5) is 0 Å². The maximum absolute atomic E-state index is 12.0. The fourth-order valence-electron chi connectivity index (χ4n) is 2.69. The smallest absolute Gasteiger partial charge is 0.292 e. The van der Waals surface area contributed by atoms with Gasteiger partial charge in [0.1, 0.15) is 0 Å². The number of nitrogens with two attached hydrogens (primary N) is 1. The third-order valence-corrected chi connectivity index (χ3v) is 3.75. The summed E-state index contributed by atoms with van der Waals surface area (Å²) in [6.45, 7) is 0. The lowest BCUT2D eigenvalue weighted by atomic mass is 10.1. The molecule has 2 aromatic heterocycles.